The first-order valence-corrected chi connectivity index (χ1v) is 6.22. The van der Waals surface area contributed by atoms with E-state index in [4.69, 9.17) is 15.9 Å². The third-order valence-corrected chi connectivity index (χ3v) is 2.99. The van der Waals surface area contributed by atoms with Gasteiger partial charge in [0, 0.05) is 10.7 Å². The molecule has 86 valence electrons. The fourth-order valence-electron chi connectivity index (χ4n) is 1.10. The van der Waals surface area contributed by atoms with Gasteiger partial charge in [-0.1, -0.05) is 0 Å². The standard InChI is InChI=1S/C8H5ClF2N2O2S/c1-4-2-5(3-12)8(16(9,14)15)13-6(4)7(10)11/h2,7H,1H3. The molecule has 1 heterocycles. The minimum absolute atomic E-state index is 0.0376. The SMILES string of the molecule is Cc1cc(C#N)c(S(=O)(=O)Cl)nc1C(F)F. The molecule has 0 spiro atoms. The van der Waals surface area contributed by atoms with Gasteiger partial charge in [0.2, 0.25) is 0 Å². The number of pyridine rings is 1. The summed E-state index contributed by atoms with van der Waals surface area (Å²) in [5.41, 5.74) is -1.01. The molecule has 1 rings (SSSR count). The molecule has 0 aromatic carbocycles. The van der Waals surface area contributed by atoms with Crippen LogP contribution >= 0.6 is 10.7 Å². The largest absolute Gasteiger partial charge is 0.280 e. The van der Waals surface area contributed by atoms with E-state index in [9.17, 15) is 17.2 Å². The molecule has 0 amide bonds. The Kier molecular flexibility index (Phi) is 3.45. The van der Waals surface area contributed by atoms with Crippen LogP contribution in [0.25, 0.3) is 0 Å². The van der Waals surface area contributed by atoms with Crippen molar-refractivity contribution < 1.29 is 17.2 Å². The zero-order chi connectivity index (χ0) is 12.5. The first-order chi connectivity index (χ1) is 7.27. The zero-order valence-corrected chi connectivity index (χ0v) is 9.48. The average Bonchev–Trinajstić information content (AvgIpc) is 2.14. The van der Waals surface area contributed by atoms with Crippen molar-refractivity contribution in [2.75, 3.05) is 0 Å². The van der Waals surface area contributed by atoms with Gasteiger partial charge in [-0.2, -0.15) is 5.26 Å². The Morgan fingerprint density at radius 3 is 2.50 bits per heavy atom. The quantitative estimate of drug-likeness (QED) is 0.769. The van der Waals surface area contributed by atoms with E-state index in [1.165, 1.54) is 13.0 Å². The highest BCUT2D eigenvalue weighted by Gasteiger charge is 2.23. The fraction of sp³-hybridized carbons (Fsp3) is 0.250. The number of nitriles is 1. The summed E-state index contributed by atoms with van der Waals surface area (Å²) in [6, 6.07) is 2.56. The Balaban J connectivity index is 3.62. The monoisotopic (exact) mass is 266 g/mol. The van der Waals surface area contributed by atoms with Gasteiger partial charge in [-0.25, -0.2) is 22.2 Å². The van der Waals surface area contributed by atoms with E-state index in [1.54, 1.807) is 0 Å². The van der Waals surface area contributed by atoms with Crippen molar-refractivity contribution in [3.63, 3.8) is 0 Å². The topological polar surface area (TPSA) is 70.8 Å². The Morgan fingerprint density at radius 1 is 1.56 bits per heavy atom. The summed E-state index contributed by atoms with van der Waals surface area (Å²) < 4.78 is 46.9. The number of hydrogen-bond acceptors (Lipinski definition) is 4. The van der Waals surface area contributed by atoms with Crippen LogP contribution in [0.3, 0.4) is 0 Å². The Morgan fingerprint density at radius 2 is 2.12 bits per heavy atom. The van der Waals surface area contributed by atoms with Crippen LogP contribution in [0.1, 0.15) is 23.2 Å². The molecule has 16 heavy (non-hydrogen) atoms. The number of aromatic nitrogens is 1. The van der Waals surface area contributed by atoms with E-state index < -0.39 is 26.2 Å². The number of rotatable bonds is 2. The third-order valence-electron chi connectivity index (χ3n) is 1.78. The molecule has 0 aliphatic heterocycles. The van der Waals surface area contributed by atoms with E-state index in [1.807, 2.05) is 0 Å². The van der Waals surface area contributed by atoms with Gasteiger partial charge < -0.3 is 0 Å². The number of hydrogen-bond donors (Lipinski definition) is 0. The highest BCUT2D eigenvalue weighted by molar-refractivity contribution is 8.13. The molecule has 0 saturated carbocycles. The minimum atomic E-state index is -4.31. The van der Waals surface area contributed by atoms with Gasteiger partial charge in [-0.3, -0.25) is 0 Å². The third kappa shape index (κ3) is 2.46. The van der Waals surface area contributed by atoms with Gasteiger partial charge in [0.1, 0.15) is 11.8 Å². The predicted molar refractivity (Wildman–Crippen MR) is 51.7 cm³/mol. The predicted octanol–water partition coefficient (Wildman–Crippen LogP) is 2.13. The van der Waals surface area contributed by atoms with Crippen molar-refractivity contribution >= 4 is 19.7 Å². The lowest BCUT2D eigenvalue weighted by Gasteiger charge is -2.06. The van der Waals surface area contributed by atoms with E-state index in [0.29, 0.717) is 0 Å². The lowest BCUT2D eigenvalue weighted by atomic mass is 10.1. The van der Waals surface area contributed by atoms with E-state index in [2.05, 4.69) is 4.98 Å². The van der Waals surface area contributed by atoms with Gasteiger partial charge in [-0.15, -0.1) is 0 Å². The smallest absolute Gasteiger partial charge is 0.233 e. The number of aryl methyl sites for hydroxylation is 1. The van der Waals surface area contributed by atoms with Crippen LogP contribution in [0.4, 0.5) is 8.78 Å². The Labute approximate surface area is 94.9 Å². The maximum atomic E-state index is 12.4. The molecule has 1 aromatic rings. The molecular weight excluding hydrogens is 262 g/mol. The number of nitrogens with zero attached hydrogens (tertiary/aromatic N) is 2. The molecule has 0 N–H and O–H groups in total. The first-order valence-electron chi connectivity index (χ1n) is 3.92. The summed E-state index contributed by atoms with van der Waals surface area (Å²) in [4.78, 5) is 3.22. The highest BCUT2D eigenvalue weighted by atomic mass is 35.7. The number of halogens is 3. The molecule has 0 aliphatic carbocycles. The summed E-state index contributed by atoms with van der Waals surface area (Å²) in [5, 5.41) is 7.80. The van der Waals surface area contributed by atoms with Crippen LogP contribution in [0.15, 0.2) is 11.1 Å². The van der Waals surface area contributed by atoms with Crippen molar-refractivity contribution in [2.24, 2.45) is 0 Å². The zero-order valence-electron chi connectivity index (χ0n) is 7.91. The normalized spacial score (nSPS) is 11.5. The van der Waals surface area contributed by atoms with Crippen LogP contribution in [0, 0.1) is 18.3 Å². The van der Waals surface area contributed by atoms with Gasteiger partial charge >= 0.3 is 0 Å². The highest BCUT2D eigenvalue weighted by Crippen LogP contribution is 2.26. The molecule has 0 fully saturated rings. The summed E-state index contributed by atoms with van der Waals surface area (Å²) in [6.45, 7) is 1.31. The maximum absolute atomic E-state index is 12.4. The summed E-state index contributed by atoms with van der Waals surface area (Å²) in [7, 11) is 0.672. The van der Waals surface area contributed by atoms with Crippen molar-refractivity contribution in [1.29, 1.82) is 5.26 Å². The van der Waals surface area contributed by atoms with E-state index in [-0.39, 0.29) is 11.1 Å². The lowest BCUT2D eigenvalue weighted by Crippen LogP contribution is -2.05. The van der Waals surface area contributed by atoms with Crippen LogP contribution in [0.2, 0.25) is 0 Å². The van der Waals surface area contributed by atoms with Crippen LogP contribution < -0.4 is 0 Å². The molecule has 0 atom stereocenters. The maximum Gasteiger partial charge on any atom is 0.280 e. The minimum Gasteiger partial charge on any atom is -0.233 e. The van der Waals surface area contributed by atoms with Gasteiger partial charge in [0.15, 0.2) is 5.03 Å². The second-order valence-electron chi connectivity index (χ2n) is 2.89. The molecule has 4 nitrogen and oxygen atoms in total. The molecule has 8 heteroatoms. The molecule has 0 aliphatic rings. The average molecular weight is 267 g/mol. The summed E-state index contributed by atoms with van der Waals surface area (Å²) in [5.74, 6) is 0. The second kappa shape index (κ2) is 4.31. The van der Waals surface area contributed by atoms with Crippen molar-refractivity contribution in [1.82, 2.24) is 4.98 Å². The van der Waals surface area contributed by atoms with Crippen LogP contribution in [-0.2, 0) is 9.05 Å². The molecule has 0 radical (unpaired) electrons. The van der Waals surface area contributed by atoms with Crippen molar-refractivity contribution in [3.05, 3.63) is 22.9 Å². The Hall–Kier alpha value is -1.26. The lowest BCUT2D eigenvalue weighted by molar-refractivity contribution is 0.144. The summed E-state index contributed by atoms with van der Waals surface area (Å²) in [6.07, 6.45) is -2.93. The van der Waals surface area contributed by atoms with Crippen molar-refractivity contribution in [2.45, 2.75) is 18.4 Å². The van der Waals surface area contributed by atoms with Gasteiger partial charge in [-0.05, 0) is 18.6 Å². The molecule has 0 bridgehead atoms. The molecule has 0 saturated heterocycles. The molecular formula is C8H5ClF2N2O2S. The van der Waals surface area contributed by atoms with Crippen molar-refractivity contribution in [3.8, 4) is 6.07 Å². The van der Waals surface area contributed by atoms with Crippen LogP contribution in [0.5, 0.6) is 0 Å². The molecule has 0 unspecified atom stereocenters. The van der Waals surface area contributed by atoms with Crippen LogP contribution in [-0.4, -0.2) is 13.4 Å². The fourth-order valence-corrected chi connectivity index (χ4v) is 2.02. The second-order valence-corrected chi connectivity index (χ2v) is 5.37. The van der Waals surface area contributed by atoms with Gasteiger partial charge in [0.25, 0.3) is 15.5 Å². The van der Waals surface area contributed by atoms with E-state index >= 15 is 0 Å². The Bertz CT molecular complexity index is 566. The first kappa shape index (κ1) is 12.8. The van der Waals surface area contributed by atoms with Gasteiger partial charge in [0.05, 0.1) is 5.56 Å². The molecule has 1 aromatic heterocycles. The summed E-state index contributed by atoms with van der Waals surface area (Å²) >= 11 is 0. The number of alkyl halides is 2. The van der Waals surface area contributed by atoms with E-state index in [0.717, 1.165) is 6.07 Å².